The third kappa shape index (κ3) is 4.01. The first kappa shape index (κ1) is 17.0. The van der Waals surface area contributed by atoms with Crippen molar-refractivity contribution in [2.75, 3.05) is 0 Å². The van der Waals surface area contributed by atoms with Gasteiger partial charge in [-0.15, -0.1) is 0 Å². The molecule has 1 saturated carbocycles. The highest BCUT2D eigenvalue weighted by Gasteiger charge is 2.24. The molecule has 0 N–H and O–H groups in total. The second-order valence-corrected chi connectivity index (χ2v) is 7.35. The van der Waals surface area contributed by atoms with Gasteiger partial charge in [-0.3, -0.25) is 0 Å². The van der Waals surface area contributed by atoms with Crippen molar-refractivity contribution in [3.05, 3.63) is 72.1 Å². The molecular formula is C24H26N2. The summed E-state index contributed by atoms with van der Waals surface area (Å²) in [6, 6.07) is 17.6. The lowest BCUT2D eigenvalue weighted by molar-refractivity contribution is 0.717. The Hall–Kier alpha value is -2.48. The molecule has 2 aromatic carbocycles. The molecule has 0 saturated heterocycles. The average Bonchev–Trinajstić information content (AvgIpc) is 3.55. The fraction of sp³-hybridized carbons (Fsp3) is 0.333. The van der Waals surface area contributed by atoms with Crippen molar-refractivity contribution in [3.8, 4) is 22.5 Å². The van der Waals surface area contributed by atoms with Crippen molar-refractivity contribution in [1.29, 1.82) is 0 Å². The van der Waals surface area contributed by atoms with Crippen LogP contribution in [0.2, 0.25) is 0 Å². The van der Waals surface area contributed by atoms with E-state index < -0.39 is 0 Å². The van der Waals surface area contributed by atoms with Gasteiger partial charge in [0.1, 0.15) is 0 Å². The lowest BCUT2D eigenvalue weighted by atomic mass is 10.0. The van der Waals surface area contributed by atoms with Crippen molar-refractivity contribution >= 4 is 0 Å². The summed E-state index contributed by atoms with van der Waals surface area (Å²) in [5.74, 6) is 1.52. The monoisotopic (exact) mass is 342 g/mol. The molecule has 1 heterocycles. The molecule has 1 fully saturated rings. The van der Waals surface area contributed by atoms with Crippen LogP contribution in [0.25, 0.3) is 22.5 Å². The largest absolute Gasteiger partial charge is 0.236 e. The molecule has 0 amide bonds. The summed E-state index contributed by atoms with van der Waals surface area (Å²) < 4.78 is 0. The van der Waals surface area contributed by atoms with Crippen LogP contribution in [0.3, 0.4) is 0 Å². The minimum Gasteiger partial charge on any atom is -0.236 e. The van der Waals surface area contributed by atoms with E-state index in [2.05, 4.69) is 65.4 Å². The standard InChI is InChI=1S/C24H26N2/c1-2-3-4-5-18-6-8-19(9-7-18)20-12-14-22(15-13-20)24-25-16-23(17-26-24)21-10-11-21/h6-9,12-17,21H,2-5,10-11H2,1H3. The van der Waals surface area contributed by atoms with Gasteiger partial charge in [0.2, 0.25) is 0 Å². The van der Waals surface area contributed by atoms with Gasteiger partial charge in [-0.1, -0.05) is 68.3 Å². The number of nitrogens with zero attached hydrogens (tertiary/aromatic N) is 2. The molecule has 0 atom stereocenters. The molecule has 0 radical (unpaired) electrons. The zero-order valence-corrected chi connectivity index (χ0v) is 15.5. The van der Waals surface area contributed by atoms with Crippen molar-refractivity contribution in [1.82, 2.24) is 9.97 Å². The van der Waals surface area contributed by atoms with E-state index in [0.29, 0.717) is 5.92 Å². The van der Waals surface area contributed by atoms with Gasteiger partial charge < -0.3 is 0 Å². The van der Waals surface area contributed by atoms with E-state index in [1.807, 2.05) is 12.4 Å². The Balaban J connectivity index is 1.45. The number of aromatic nitrogens is 2. The van der Waals surface area contributed by atoms with Crippen LogP contribution in [0, 0.1) is 0 Å². The van der Waals surface area contributed by atoms with Gasteiger partial charge in [0.05, 0.1) is 0 Å². The lowest BCUT2D eigenvalue weighted by Gasteiger charge is -2.06. The molecule has 0 unspecified atom stereocenters. The van der Waals surface area contributed by atoms with Crippen LogP contribution in [0.15, 0.2) is 60.9 Å². The molecule has 3 aromatic rings. The topological polar surface area (TPSA) is 25.8 Å². The molecule has 26 heavy (non-hydrogen) atoms. The van der Waals surface area contributed by atoms with E-state index >= 15 is 0 Å². The Bertz CT molecular complexity index is 829. The summed E-state index contributed by atoms with van der Waals surface area (Å²) in [7, 11) is 0. The Morgan fingerprint density at radius 3 is 1.92 bits per heavy atom. The molecule has 4 rings (SSSR count). The number of benzene rings is 2. The Morgan fingerprint density at radius 1 is 0.769 bits per heavy atom. The van der Waals surface area contributed by atoms with Crippen LogP contribution in [0.5, 0.6) is 0 Å². The number of unbranched alkanes of at least 4 members (excludes halogenated alkanes) is 2. The van der Waals surface area contributed by atoms with Crippen molar-refractivity contribution in [3.63, 3.8) is 0 Å². The van der Waals surface area contributed by atoms with Crippen molar-refractivity contribution in [2.24, 2.45) is 0 Å². The number of hydrogen-bond acceptors (Lipinski definition) is 2. The molecule has 0 spiro atoms. The van der Waals surface area contributed by atoms with Crippen LogP contribution >= 0.6 is 0 Å². The molecule has 1 aliphatic rings. The fourth-order valence-corrected chi connectivity index (χ4v) is 3.37. The Labute approximate surface area is 156 Å². The summed E-state index contributed by atoms with van der Waals surface area (Å²) >= 11 is 0. The molecular weight excluding hydrogens is 316 g/mol. The van der Waals surface area contributed by atoms with Gasteiger partial charge >= 0.3 is 0 Å². The van der Waals surface area contributed by atoms with Crippen LogP contribution in [-0.4, -0.2) is 9.97 Å². The Kier molecular flexibility index (Phi) is 5.10. The fourth-order valence-electron chi connectivity index (χ4n) is 3.37. The minimum absolute atomic E-state index is 0.705. The molecule has 0 aliphatic heterocycles. The van der Waals surface area contributed by atoms with E-state index in [1.54, 1.807) is 0 Å². The maximum Gasteiger partial charge on any atom is 0.159 e. The highest BCUT2D eigenvalue weighted by atomic mass is 14.9. The molecule has 0 bridgehead atoms. The minimum atomic E-state index is 0.705. The van der Waals surface area contributed by atoms with Crippen LogP contribution < -0.4 is 0 Å². The molecule has 2 heteroatoms. The normalized spacial score (nSPS) is 13.7. The summed E-state index contributed by atoms with van der Waals surface area (Å²) in [5.41, 5.74) is 6.30. The van der Waals surface area contributed by atoms with Gasteiger partial charge in [0.15, 0.2) is 5.82 Å². The zero-order chi connectivity index (χ0) is 17.8. The summed E-state index contributed by atoms with van der Waals surface area (Å²) in [6.45, 7) is 2.25. The predicted molar refractivity (Wildman–Crippen MR) is 108 cm³/mol. The number of aryl methyl sites for hydroxylation is 1. The lowest BCUT2D eigenvalue weighted by Crippen LogP contribution is -1.91. The molecule has 2 nitrogen and oxygen atoms in total. The quantitative estimate of drug-likeness (QED) is 0.463. The van der Waals surface area contributed by atoms with E-state index in [9.17, 15) is 0 Å². The summed E-state index contributed by atoms with van der Waals surface area (Å²) in [5, 5.41) is 0. The maximum absolute atomic E-state index is 4.55. The summed E-state index contributed by atoms with van der Waals surface area (Å²) in [6.07, 6.45) is 11.6. The maximum atomic E-state index is 4.55. The van der Waals surface area contributed by atoms with Crippen LogP contribution in [0.1, 0.15) is 56.1 Å². The van der Waals surface area contributed by atoms with Crippen LogP contribution in [0.4, 0.5) is 0 Å². The third-order valence-corrected chi connectivity index (χ3v) is 5.22. The smallest absolute Gasteiger partial charge is 0.159 e. The van der Waals surface area contributed by atoms with E-state index in [4.69, 9.17) is 0 Å². The van der Waals surface area contributed by atoms with Crippen molar-refractivity contribution < 1.29 is 0 Å². The van der Waals surface area contributed by atoms with Gasteiger partial charge in [0.25, 0.3) is 0 Å². The molecule has 1 aliphatic carbocycles. The highest BCUT2D eigenvalue weighted by Crippen LogP contribution is 2.39. The first-order valence-corrected chi connectivity index (χ1v) is 9.85. The first-order valence-electron chi connectivity index (χ1n) is 9.85. The second kappa shape index (κ2) is 7.82. The number of hydrogen-bond donors (Lipinski definition) is 0. The SMILES string of the molecule is CCCCCc1ccc(-c2ccc(-c3ncc(C4CC4)cn3)cc2)cc1. The van der Waals surface area contributed by atoms with E-state index in [-0.39, 0.29) is 0 Å². The van der Waals surface area contributed by atoms with Gasteiger partial charge in [-0.05, 0) is 53.9 Å². The third-order valence-electron chi connectivity index (χ3n) is 5.22. The van der Waals surface area contributed by atoms with Crippen molar-refractivity contribution in [2.45, 2.75) is 51.4 Å². The van der Waals surface area contributed by atoms with Gasteiger partial charge in [0, 0.05) is 18.0 Å². The average molecular weight is 342 g/mol. The summed E-state index contributed by atoms with van der Waals surface area (Å²) in [4.78, 5) is 9.10. The van der Waals surface area contributed by atoms with E-state index in [0.717, 1.165) is 11.4 Å². The van der Waals surface area contributed by atoms with E-state index in [1.165, 1.54) is 60.8 Å². The van der Waals surface area contributed by atoms with Crippen LogP contribution in [-0.2, 0) is 6.42 Å². The van der Waals surface area contributed by atoms with Gasteiger partial charge in [-0.2, -0.15) is 0 Å². The highest BCUT2D eigenvalue weighted by molar-refractivity contribution is 5.67. The van der Waals surface area contributed by atoms with Gasteiger partial charge in [-0.25, -0.2) is 9.97 Å². The predicted octanol–water partition coefficient (Wildman–Crippen LogP) is 6.42. The number of rotatable bonds is 7. The Morgan fingerprint density at radius 2 is 1.35 bits per heavy atom. The molecule has 132 valence electrons. The molecule has 1 aromatic heterocycles. The zero-order valence-electron chi connectivity index (χ0n) is 15.5. The second-order valence-electron chi connectivity index (χ2n) is 7.35. The first-order chi connectivity index (χ1) is 12.8.